The molecule has 0 bridgehead atoms. The first kappa shape index (κ1) is 9.46. The molecule has 0 spiro atoms. The normalized spacial score (nSPS) is 10.6. The van der Waals surface area contributed by atoms with Crippen LogP contribution < -0.4 is 4.74 Å². The molecular weight excluding hydrogens is 194 g/mol. The van der Waals surface area contributed by atoms with Gasteiger partial charge in [-0.25, -0.2) is 4.98 Å². The zero-order valence-electron chi connectivity index (χ0n) is 8.19. The molecule has 0 amide bonds. The molecule has 0 unspecified atom stereocenters. The lowest BCUT2D eigenvalue weighted by Crippen LogP contribution is -1.95. The number of aromatic nitrogens is 1. The van der Waals surface area contributed by atoms with Crippen molar-refractivity contribution in [2.75, 3.05) is 6.61 Å². The van der Waals surface area contributed by atoms with E-state index in [-0.39, 0.29) is 0 Å². The van der Waals surface area contributed by atoms with Gasteiger partial charge in [-0.15, -0.1) is 11.3 Å². The second-order valence-electron chi connectivity index (χ2n) is 3.18. The summed E-state index contributed by atoms with van der Waals surface area (Å²) in [4.78, 5) is 4.25. The molecule has 0 aliphatic heterocycles. The third kappa shape index (κ3) is 2.04. The second-order valence-corrected chi connectivity index (χ2v) is 4.07. The van der Waals surface area contributed by atoms with Crippen LogP contribution in [0, 0.1) is 0 Å². The topological polar surface area (TPSA) is 22.1 Å². The van der Waals surface area contributed by atoms with Crippen LogP contribution in [0.3, 0.4) is 0 Å². The fourth-order valence-corrected chi connectivity index (χ4v) is 1.92. The first-order valence-corrected chi connectivity index (χ1v) is 5.74. The van der Waals surface area contributed by atoms with Gasteiger partial charge >= 0.3 is 0 Å². The standard InChI is InChI=1S/C11H13NOS/c1-2-3-6-13-9-4-5-11-10(7-9)12-8-14-11/h4-5,7-8H,2-3,6H2,1H3. The van der Waals surface area contributed by atoms with Gasteiger partial charge in [0, 0.05) is 6.07 Å². The lowest BCUT2D eigenvalue weighted by molar-refractivity contribution is 0.310. The minimum atomic E-state index is 0.798. The third-order valence-electron chi connectivity index (χ3n) is 2.07. The summed E-state index contributed by atoms with van der Waals surface area (Å²) in [6.45, 7) is 2.96. The van der Waals surface area contributed by atoms with Crippen LogP contribution in [0.4, 0.5) is 0 Å². The number of thiazole rings is 1. The maximum atomic E-state index is 5.59. The summed E-state index contributed by atoms with van der Waals surface area (Å²) >= 11 is 1.66. The molecule has 0 N–H and O–H groups in total. The summed E-state index contributed by atoms with van der Waals surface area (Å²) in [6, 6.07) is 6.08. The molecule has 0 saturated carbocycles. The number of unbranched alkanes of at least 4 members (excludes halogenated alkanes) is 1. The van der Waals surface area contributed by atoms with Crippen molar-refractivity contribution in [1.29, 1.82) is 0 Å². The Bertz CT molecular complexity index is 410. The Hall–Kier alpha value is -1.09. The van der Waals surface area contributed by atoms with E-state index in [2.05, 4.69) is 18.0 Å². The number of fused-ring (bicyclic) bond motifs is 1. The van der Waals surface area contributed by atoms with Gasteiger partial charge in [-0.05, 0) is 18.6 Å². The highest BCUT2D eigenvalue weighted by atomic mass is 32.1. The van der Waals surface area contributed by atoms with Gasteiger partial charge < -0.3 is 4.74 Å². The molecule has 0 aliphatic carbocycles. The predicted octanol–water partition coefficient (Wildman–Crippen LogP) is 3.48. The van der Waals surface area contributed by atoms with Crippen LogP contribution in [0.15, 0.2) is 23.7 Å². The maximum Gasteiger partial charge on any atom is 0.121 e. The molecule has 3 heteroatoms. The molecule has 14 heavy (non-hydrogen) atoms. The molecule has 1 aromatic carbocycles. The Morgan fingerprint density at radius 2 is 2.36 bits per heavy atom. The molecule has 0 fully saturated rings. The largest absolute Gasteiger partial charge is 0.494 e. The smallest absolute Gasteiger partial charge is 0.121 e. The van der Waals surface area contributed by atoms with E-state index in [4.69, 9.17) is 4.74 Å². The first-order valence-electron chi connectivity index (χ1n) is 4.86. The number of hydrogen-bond acceptors (Lipinski definition) is 3. The predicted molar refractivity (Wildman–Crippen MR) is 60.0 cm³/mol. The van der Waals surface area contributed by atoms with Gasteiger partial charge in [0.15, 0.2) is 0 Å². The van der Waals surface area contributed by atoms with E-state index >= 15 is 0 Å². The lowest BCUT2D eigenvalue weighted by Gasteiger charge is -2.04. The highest BCUT2D eigenvalue weighted by molar-refractivity contribution is 7.16. The molecule has 0 aliphatic rings. The summed E-state index contributed by atoms with van der Waals surface area (Å²) in [7, 11) is 0. The van der Waals surface area contributed by atoms with Crippen molar-refractivity contribution < 1.29 is 4.74 Å². The van der Waals surface area contributed by atoms with Crippen LogP contribution in [0.1, 0.15) is 19.8 Å². The van der Waals surface area contributed by atoms with Crippen LogP contribution in [0.2, 0.25) is 0 Å². The van der Waals surface area contributed by atoms with E-state index in [0.717, 1.165) is 24.3 Å². The van der Waals surface area contributed by atoms with Crippen molar-refractivity contribution in [2.24, 2.45) is 0 Å². The molecule has 0 atom stereocenters. The highest BCUT2D eigenvalue weighted by Gasteiger charge is 1.98. The van der Waals surface area contributed by atoms with Crippen LogP contribution in [0.25, 0.3) is 10.2 Å². The molecule has 2 nitrogen and oxygen atoms in total. The minimum Gasteiger partial charge on any atom is -0.494 e. The summed E-state index contributed by atoms with van der Waals surface area (Å²) in [5.41, 5.74) is 2.89. The molecule has 0 radical (unpaired) electrons. The maximum absolute atomic E-state index is 5.59. The van der Waals surface area contributed by atoms with Crippen LogP contribution in [-0.2, 0) is 0 Å². The number of benzene rings is 1. The van der Waals surface area contributed by atoms with Crippen molar-refractivity contribution in [3.05, 3.63) is 23.7 Å². The molecule has 74 valence electrons. The number of rotatable bonds is 4. The van der Waals surface area contributed by atoms with E-state index in [1.165, 1.54) is 11.1 Å². The third-order valence-corrected chi connectivity index (χ3v) is 2.88. The average Bonchev–Trinajstić information content (AvgIpc) is 2.65. The zero-order valence-corrected chi connectivity index (χ0v) is 9.01. The van der Waals surface area contributed by atoms with Crippen LogP contribution >= 0.6 is 11.3 Å². The summed E-state index contributed by atoms with van der Waals surface area (Å²) in [5, 5.41) is 0. The highest BCUT2D eigenvalue weighted by Crippen LogP contribution is 2.22. The van der Waals surface area contributed by atoms with Gasteiger partial charge in [-0.1, -0.05) is 13.3 Å². The van der Waals surface area contributed by atoms with Crippen molar-refractivity contribution in [1.82, 2.24) is 4.98 Å². The summed E-state index contributed by atoms with van der Waals surface area (Å²) in [6.07, 6.45) is 2.27. The zero-order chi connectivity index (χ0) is 9.80. The monoisotopic (exact) mass is 207 g/mol. The SMILES string of the molecule is CCCCOc1ccc2scnc2c1. The van der Waals surface area contributed by atoms with Crippen molar-refractivity contribution in [3.63, 3.8) is 0 Å². The molecule has 1 heterocycles. The van der Waals surface area contributed by atoms with Gasteiger partial charge in [-0.2, -0.15) is 0 Å². The van der Waals surface area contributed by atoms with E-state index in [1.54, 1.807) is 11.3 Å². The molecule has 2 aromatic rings. The molecule has 0 saturated heterocycles. The second kappa shape index (κ2) is 4.42. The quantitative estimate of drug-likeness (QED) is 0.716. The Labute approximate surface area is 87.5 Å². The number of hydrogen-bond donors (Lipinski definition) is 0. The van der Waals surface area contributed by atoms with Gasteiger partial charge in [-0.3, -0.25) is 0 Å². The molecule has 2 rings (SSSR count). The van der Waals surface area contributed by atoms with Gasteiger partial charge in [0.05, 0.1) is 22.3 Å². The Balaban J connectivity index is 2.10. The van der Waals surface area contributed by atoms with Crippen LogP contribution in [0.5, 0.6) is 5.75 Å². The van der Waals surface area contributed by atoms with Gasteiger partial charge in [0.1, 0.15) is 5.75 Å². The van der Waals surface area contributed by atoms with Crippen molar-refractivity contribution in [3.8, 4) is 5.75 Å². The van der Waals surface area contributed by atoms with E-state index in [1.807, 2.05) is 17.6 Å². The van der Waals surface area contributed by atoms with Gasteiger partial charge in [0.25, 0.3) is 0 Å². The Kier molecular flexibility index (Phi) is 2.99. The van der Waals surface area contributed by atoms with E-state index < -0.39 is 0 Å². The summed E-state index contributed by atoms with van der Waals surface area (Å²) < 4.78 is 6.80. The fraction of sp³-hybridized carbons (Fsp3) is 0.364. The fourth-order valence-electron chi connectivity index (χ4n) is 1.26. The van der Waals surface area contributed by atoms with Crippen molar-refractivity contribution >= 4 is 21.6 Å². The average molecular weight is 207 g/mol. The van der Waals surface area contributed by atoms with Crippen molar-refractivity contribution in [2.45, 2.75) is 19.8 Å². The first-order chi connectivity index (χ1) is 6.90. The minimum absolute atomic E-state index is 0.798. The molecular formula is C11H13NOS. The summed E-state index contributed by atoms with van der Waals surface area (Å²) in [5.74, 6) is 0.928. The van der Waals surface area contributed by atoms with E-state index in [0.29, 0.717) is 0 Å². The van der Waals surface area contributed by atoms with Gasteiger partial charge in [0.2, 0.25) is 0 Å². The molecule has 1 aromatic heterocycles. The number of nitrogens with zero attached hydrogens (tertiary/aromatic N) is 1. The van der Waals surface area contributed by atoms with Crippen LogP contribution in [-0.4, -0.2) is 11.6 Å². The Morgan fingerprint density at radius 1 is 1.43 bits per heavy atom. The Morgan fingerprint density at radius 3 is 3.21 bits per heavy atom. The lowest BCUT2D eigenvalue weighted by atomic mass is 10.3. The number of ether oxygens (including phenoxy) is 1. The van der Waals surface area contributed by atoms with E-state index in [9.17, 15) is 0 Å².